The van der Waals surface area contributed by atoms with Gasteiger partial charge in [0.1, 0.15) is 0 Å². The highest BCUT2D eigenvalue weighted by Crippen LogP contribution is 2.28. The van der Waals surface area contributed by atoms with E-state index in [2.05, 4.69) is 10.0 Å². The van der Waals surface area contributed by atoms with Crippen LogP contribution in [0.5, 0.6) is 0 Å². The van der Waals surface area contributed by atoms with Gasteiger partial charge >= 0.3 is 5.69 Å². The molecule has 2 aliphatic rings. The number of nitrogens with zero attached hydrogens (tertiary/aromatic N) is 2. The van der Waals surface area contributed by atoms with Crippen molar-refractivity contribution in [3.8, 4) is 0 Å². The monoisotopic (exact) mass is 386 g/mol. The smallest absolute Gasteiger partial charge is 0.311 e. The van der Waals surface area contributed by atoms with Gasteiger partial charge in [-0.3, -0.25) is 9.13 Å². The molecule has 138 valence electrons. The number of hydrogen-bond donors (Lipinski definition) is 2. The van der Waals surface area contributed by atoms with E-state index in [4.69, 9.17) is 0 Å². The molecule has 7 nitrogen and oxygen atoms in total. The Labute approximate surface area is 152 Å². The quantitative estimate of drug-likeness (QED) is 0.819. The Morgan fingerprint density at radius 2 is 1.68 bits per heavy atom. The summed E-state index contributed by atoms with van der Waals surface area (Å²) in [4.78, 5) is 12.2. The molecule has 0 radical (unpaired) electrons. The van der Waals surface area contributed by atoms with Crippen LogP contribution >= 0.6 is 12.4 Å². The lowest BCUT2D eigenvalue weighted by Gasteiger charge is -2.29. The van der Waals surface area contributed by atoms with Gasteiger partial charge in [-0.1, -0.05) is 0 Å². The minimum Gasteiger partial charge on any atom is -0.311 e. The first-order valence-corrected chi connectivity index (χ1v) is 9.77. The number of fused-ring (bicyclic) bond motifs is 3. The highest BCUT2D eigenvalue weighted by Gasteiger charge is 2.35. The van der Waals surface area contributed by atoms with E-state index in [0.717, 1.165) is 31.2 Å². The van der Waals surface area contributed by atoms with Crippen LogP contribution in [0.1, 0.15) is 25.7 Å². The fourth-order valence-electron chi connectivity index (χ4n) is 4.09. The second kappa shape index (κ2) is 6.42. The lowest BCUT2D eigenvalue weighted by Crippen LogP contribution is -2.47. The molecule has 1 aromatic carbocycles. The van der Waals surface area contributed by atoms with Crippen LogP contribution in [0.2, 0.25) is 0 Å². The van der Waals surface area contributed by atoms with Gasteiger partial charge in [-0.05, 0) is 43.9 Å². The van der Waals surface area contributed by atoms with Crippen LogP contribution in [-0.4, -0.2) is 35.7 Å². The van der Waals surface area contributed by atoms with Crippen molar-refractivity contribution in [1.82, 2.24) is 19.2 Å². The molecule has 2 atom stereocenters. The minimum absolute atomic E-state index is 0. The first-order valence-electron chi connectivity index (χ1n) is 8.29. The molecular formula is C16H23ClN4O3S. The molecule has 2 saturated heterocycles. The summed E-state index contributed by atoms with van der Waals surface area (Å²) >= 11 is 0. The first-order chi connectivity index (χ1) is 11.3. The van der Waals surface area contributed by atoms with E-state index in [9.17, 15) is 13.2 Å². The second-order valence-electron chi connectivity index (χ2n) is 6.98. The summed E-state index contributed by atoms with van der Waals surface area (Å²) in [5.74, 6) is 0. The second-order valence-corrected chi connectivity index (χ2v) is 8.69. The number of hydrogen-bond acceptors (Lipinski definition) is 4. The number of nitrogens with one attached hydrogen (secondary N) is 2. The molecule has 9 heteroatoms. The highest BCUT2D eigenvalue weighted by atomic mass is 35.5. The van der Waals surface area contributed by atoms with E-state index in [1.807, 2.05) is 0 Å². The molecule has 2 bridgehead atoms. The van der Waals surface area contributed by atoms with E-state index in [1.54, 1.807) is 32.3 Å². The zero-order chi connectivity index (χ0) is 17.1. The predicted molar refractivity (Wildman–Crippen MR) is 98.7 cm³/mol. The Morgan fingerprint density at radius 1 is 1.08 bits per heavy atom. The number of rotatable bonds is 3. The molecule has 0 amide bonds. The molecule has 3 heterocycles. The van der Waals surface area contributed by atoms with Gasteiger partial charge < -0.3 is 5.32 Å². The van der Waals surface area contributed by atoms with Gasteiger partial charge in [-0.25, -0.2) is 17.9 Å². The SMILES string of the molecule is Cl.Cn1c(=O)n(C)c2cc(S(=O)(=O)NC3CC4CCC(C3)N4)ccc21. The number of halogens is 1. The molecule has 0 aliphatic carbocycles. The lowest BCUT2D eigenvalue weighted by atomic mass is 10.0. The average molecular weight is 387 g/mol. The molecule has 1 aromatic heterocycles. The van der Waals surface area contributed by atoms with Gasteiger partial charge in [-0.15, -0.1) is 12.4 Å². The van der Waals surface area contributed by atoms with Crippen LogP contribution in [0.4, 0.5) is 0 Å². The van der Waals surface area contributed by atoms with E-state index in [0.29, 0.717) is 17.6 Å². The van der Waals surface area contributed by atoms with Crippen molar-refractivity contribution in [1.29, 1.82) is 0 Å². The maximum absolute atomic E-state index is 12.8. The molecule has 4 rings (SSSR count). The summed E-state index contributed by atoms with van der Waals surface area (Å²) < 4.78 is 31.4. The number of imidazole rings is 1. The highest BCUT2D eigenvalue weighted by molar-refractivity contribution is 7.89. The molecule has 0 spiro atoms. The number of sulfonamides is 1. The van der Waals surface area contributed by atoms with Crippen molar-refractivity contribution in [2.75, 3.05) is 0 Å². The van der Waals surface area contributed by atoms with Crippen LogP contribution in [0.3, 0.4) is 0 Å². The summed E-state index contributed by atoms with van der Waals surface area (Å²) in [6, 6.07) is 5.66. The van der Waals surface area contributed by atoms with Gasteiger partial charge in [0, 0.05) is 32.2 Å². The van der Waals surface area contributed by atoms with Gasteiger partial charge in [0.05, 0.1) is 15.9 Å². The van der Waals surface area contributed by atoms with Crippen molar-refractivity contribution in [2.45, 2.75) is 48.7 Å². The van der Waals surface area contributed by atoms with Crippen molar-refractivity contribution < 1.29 is 8.42 Å². The summed E-state index contributed by atoms with van der Waals surface area (Å²) in [6.45, 7) is 0. The summed E-state index contributed by atoms with van der Waals surface area (Å²) in [7, 11) is -0.259. The lowest BCUT2D eigenvalue weighted by molar-refractivity contribution is 0.345. The zero-order valence-corrected chi connectivity index (χ0v) is 15.9. The standard InChI is InChI=1S/C16H22N4O3S.ClH/c1-19-14-6-5-13(9-15(14)20(2)16(19)21)24(22,23)18-12-7-10-3-4-11(8-12)17-10;/h5-6,9-12,17-18H,3-4,7-8H2,1-2H3;1H. The topological polar surface area (TPSA) is 85.1 Å². The van der Waals surface area contributed by atoms with Gasteiger partial charge in [0.25, 0.3) is 0 Å². The van der Waals surface area contributed by atoms with Crippen LogP contribution in [0.15, 0.2) is 27.9 Å². The summed E-state index contributed by atoms with van der Waals surface area (Å²) in [5.41, 5.74) is 1.18. The predicted octanol–water partition coefficient (Wildman–Crippen LogP) is 0.860. The van der Waals surface area contributed by atoms with Crippen molar-refractivity contribution in [3.63, 3.8) is 0 Å². The fraction of sp³-hybridized carbons (Fsp3) is 0.562. The number of aryl methyl sites for hydroxylation is 2. The Balaban J connectivity index is 0.00000182. The molecule has 25 heavy (non-hydrogen) atoms. The summed E-state index contributed by atoms with van der Waals surface area (Å²) in [5, 5.41) is 3.51. The molecule has 2 fully saturated rings. The van der Waals surface area contributed by atoms with Gasteiger partial charge in [0.2, 0.25) is 10.0 Å². The van der Waals surface area contributed by atoms with E-state index in [-0.39, 0.29) is 29.0 Å². The van der Waals surface area contributed by atoms with Crippen LogP contribution in [-0.2, 0) is 24.1 Å². The first kappa shape index (κ1) is 18.4. The third-order valence-electron chi connectivity index (χ3n) is 5.35. The number of aromatic nitrogens is 2. The van der Waals surface area contributed by atoms with E-state index >= 15 is 0 Å². The summed E-state index contributed by atoms with van der Waals surface area (Å²) in [6.07, 6.45) is 3.92. The Hall–Kier alpha value is -1.35. The maximum Gasteiger partial charge on any atom is 0.328 e. The molecule has 2 aliphatic heterocycles. The molecular weight excluding hydrogens is 364 g/mol. The van der Waals surface area contributed by atoms with Crippen LogP contribution in [0, 0.1) is 0 Å². The van der Waals surface area contributed by atoms with E-state index < -0.39 is 10.0 Å². The zero-order valence-electron chi connectivity index (χ0n) is 14.2. The average Bonchev–Trinajstić information content (AvgIpc) is 2.99. The Kier molecular flexibility index (Phi) is 4.74. The van der Waals surface area contributed by atoms with Gasteiger partial charge in [-0.2, -0.15) is 0 Å². The number of benzene rings is 1. The van der Waals surface area contributed by atoms with Crippen molar-refractivity contribution >= 4 is 33.5 Å². The van der Waals surface area contributed by atoms with Gasteiger partial charge in [0.15, 0.2) is 0 Å². The molecule has 2 aromatic rings. The third kappa shape index (κ3) is 3.12. The van der Waals surface area contributed by atoms with Crippen molar-refractivity contribution in [3.05, 3.63) is 28.7 Å². The normalized spacial score (nSPS) is 25.9. The molecule has 2 unspecified atom stereocenters. The van der Waals surface area contributed by atoms with Crippen LogP contribution in [0.25, 0.3) is 11.0 Å². The number of piperidine rings is 1. The molecule has 2 N–H and O–H groups in total. The fourth-order valence-corrected chi connectivity index (χ4v) is 5.38. The van der Waals surface area contributed by atoms with Crippen molar-refractivity contribution in [2.24, 2.45) is 14.1 Å². The third-order valence-corrected chi connectivity index (χ3v) is 6.87. The molecule has 0 saturated carbocycles. The Bertz CT molecular complexity index is 954. The minimum atomic E-state index is -3.59. The largest absolute Gasteiger partial charge is 0.328 e. The maximum atomic E-state index is 12.8. The van der Waals surface area contributed by atoms with Crippen LogP contribution < -0.4 is 15.7 Å². The van der Waals surface area contributed by atoms with E-state index in [1.165, 1.54) is 9.13 Å². The Morgan fingerprint density at radius 3 is 2.32 bits per heavy atom.